The summed E-state index contributed by atoms with van der Waals surface area (Å²) in [7, 11) is 1.73. The van der Waals surface area contributed by atoms with E-state index in [4.69, 9.17) is 4.74 Å². The number of likely N-dealkylation sites (tertiary alicyclic amines) is 2. The molecule has 2 aliphatic rings. The number of rotatable bonds is 5. The van der Waals surface area contributed by atoms with Gasteiger partial charge in [0, 0.05) is 57.5 Å². The van der Waals surface area contributed by atoms with E-state index < -0.39 is 0 Å². The number of hydrogen-bond donors (Lipinski definition) is 2. The van der Waals surface area contributed by atoms with Crippen LogP contribution in [-0.4, -0.2) is 78.5 Å². The molecule has 0 spiro atoms. The standard InChI is InChI=1S/C17H29N5O2/c1-13-10-16(20-19-13)14-4-3-6-22(11-14)17(23)18-15-5-7-21(12-15)8-9-24-2/h10,14-15H,3-9,11-12H2,1-2H3,(H,18,23)(H,19,20)/t14-,15-/m0/s1. The number of methoxy groups -OCH3 is 1. The largest absolute Gasteiger partial charge is 0.383 e. The van der Waals surface area contributed by atoms with Gasteiger partial charge in [-0.2, -0.15) is 5.10 Å². The SMILES string of the molecule is COCCN1CC[C@H](NC(=O)N2CCC[C@H](c3cc(C)[nH]n3)C2)C1. The predicted octanol–water partition coefficient (Wildman–Crippen LogP) is 1.33. The number of aromatic amines is 1. The summed E-state index contributed by atoms with van der Waals surface area (Å²) < 4.78 is 5.13. The maximum absolute atomic E-state index is 12.6. The van der Waals surface area contributed by atoms with E-state index in [9.17, 15) is 4.79 Å². The second-order valence-electron chi connectivity index (χ2n) is 6.99. The number of aryl methyl sites for hydroxylation is 1. The van der Waals surface area contributed by atoms with E-state index in [0.29, 0.717) is 5.92 Å². The number of ether oxygens (including phenoxy) is 1. The minimum atomic E-state index is 0.0746. The van der Waals surface area contributed by atoms with Crippen molar-refractivity contribution < 1.29 is 9.53 Å². The summed E-state index contributed by atoms with van der Waals surface area (Å²) in [4.78, 5) is 16.9. The Kier molecular flexibility index (Phi) is 5.73. The van der Waals surface area contributed by atoms with E-state index >= 15 is 0 Å². The van der Waals surface area contributed by atoms with Crippen LogP contribution in [0.25, 0.3) is 0 Å². The Balaban J connectivity index is 1.48. The minimum absolute atomic E-state index is 0.0746. The Morgan fingerprint density at radius 2 is 2.29 bits per heavy atom. The Bertz CT molecular complexity index is 547. The van der Waals surface area contributed by atoms with Crippen LogP contribution in [0.1, 0.15) is 36.6 Å². The molecule has 0 aromatic carbocycles. The molecule has 1 aromatic heterocycles. The van der Waals surface area contributed by atoms with E-state index in [-0.39, 0.29) is 12.1 Å². The Hall–Kier alpha value is -1.60. The first-order chi connectivity index (χ1) is 11.7. The van der Waals surface area contributed by atoms with Gasteiger partial charge in [-0.3, -0.25) is 10.00 Å². The van der Waals surface area contributed by atoms with Crippen LogP contribution < -0.4 is 5.32 Å². The van der Waals surface area contributed by atoms with Crippen molar-refractivity contribution in [3.8, 4) is 0 Å². The van der Waals surface area contributed by atoms with Crippen molar-refractivity contribution in [2.75, 3.05) is 46.4 Å². The molecular formula is C17H29N5O2. The fourth-order valence-corrected chi connectivity index (χ4v) is 3.69. The summed E-state index contributed by atoms with van der Waals surface area (Å²) in [5, 5.41) is 10.6. The van der Waals surface area contributed by atoms with Crippen LogP contribution in [0.3, 0.4) is 0 Å². The van der Waals surface area contributed by atoms with E-state index in [1.807, 2.05) is 11.8 Å². The molecule has 24 heavy (non-hydrogen) atoms. The number of nitrogens with one attached hydrogen (secondary N) is 2. The van der Waals surface area contributed by atoms with Gasteiger partial charge in [-0.05, 0) is 32.3 Å². The molecule has 3 rings (SSSR count). The number of hydrogen-bond acceptors (Lipinski definition) is 4. The van der Waals surface area contributed by atoms with Gasteiger partial charge in [0.25, 0.3) is 0 Å². The number of H-pyrrole nitrogens is 1. The molecule has 7 heteroatoms. The lowest BCUT2D eigenvalue weighted by Crippen LogP contribution is -2.49. The summed E-state index contributed by atoms with van der Waals surface area (Å²) >= 11 is 0. The molecule has 3 heterocycles. The molecule has 0 bridgehead atoms. The van der Waals surface area contributed by atoms with Gasteiger partial charge < -0.3 is 15.0 Å². The first-order valence-corrected chi connectivity index (χ1v) is 8.94. The summed E-state index contributed by atoms with van der Waals surface area (Å²) in [5.74, 6) is 0.344. The van der Waals surface area contributed by atoms with Crippen molar-refractivity contribution in [1.29, 1.82) is 0 Å². The van der Waals surface area contributed by atoms with Crippen molar-refractivity contribution in [1.82, 2.24) is 25.3 Å². The third-order valence-corrected chi connectivity index (χ3v) is 5.06. The molecule has 7 nitrogen and oxygen atoms in total. The summed E-state index contributed by atoms with van der Waals surface area (Å²) in [6, 6.07) is 2.42. The zero-order chi connectivity index (χ0) is 16.9. The molecule has 2 fully saturated rings. The maximum Gasteiger partial charge on any atom is 0.317 e. The lowest BCUT2D eigenvalue weighted by molar-refractivity contribution is 0.158. The Labute approximate surface area is 143 Å². The fraction of sp³-hybridized carbons (Fsp3) is 0.765. The number of amides is 2. The molecule has 2 saturated heterocycles. The molecule has 2 atom stereocenters. The van der Waals surface area contributed by atoms with Gasteiger partial charge in [-0.25, -0.2) is 4.79 Å². The number of aromatic nitrogens is 2. The third-order valence-electron chi connectivity index (χ3n) is 5.06. The van der Waals surface area contributed by atoms with Crippen LogP contribution >= 0.6 is 0 Å². The monoisotopic (exact) mass is 335 g/mol. The van der Waals surface area contributed by atoms with Crippen LogP contribution in [0.4, 0.5) is 4.79 Å². The number of carbonyl (C=O) groups is 1. The van der Waals surface area contributed by atoms with Gasteiger partial charge in [-0.1, -0.05) is 0 Å². The highest BCUT2D eigenvalue weighted by Gasteiger charge is 2.29. The minimum Gasteiger partial charge on any atom is -0.383 e. The van der Waals surface area contributed by atoms with Crippen molar-refractivity contribution in [3.05, 3.63) is 17.5 Å². The average Bonchev–Trinajstić information content (AvgIpc) is 3.22. The highest BCUT2D eigenvalue weighted by Crippen LogP contribution is 2.26. The summed E-state index contributed by atoms with van der Waals surface area (Å²) in [6.07, 6.45) is 3.15. The quantitative estimate of drug-likeness (QED) is 0.851. The van der Waals surface area contributed by atoms with E-state index in [0.717, 1.165) is 70.0 Å². The topological polar surface area (TPSA) is 73.5 Å². The van der Waals surface area contributed by atoms with Gasteiger partial charge in [-0.15, -0.1) is 0 Å². The molecular weight excluding hydrogens is 306 g/mol. The molecule has 0 aliphatic carbocycles. The van der Waals surface area contributed by atoms with Crippen molar-refractivity contribution in [2.45, 2.75) is 38.1 Å². The molecule has 0 radical (unpaired) electrons. The van der Waals surface area contributed by atoms with E-state index in [2.05, 4.69) is 26.5 Å². The molecule has 1 aromatic rings. The van der Waals surface area contributed by atoms with Crippen molar-refractivity contribution in [3.63, 3.8) is 0 Å². The highest BCUT2D eigenvalue weighted by molar-refractivity contribution is 5.74. The van der Waals surface area contributed by atoms with Crippen LogP contribution in [-0.2, 0) is 4.74 Å². The number of piperidine rings is 1. The predicted molar refractivity (Wildman–Crippen MR) is 92.1 cm³/mol. The Morgan fingerprint density at radius 3 is 3.04 bits per heavy atom. The second-order valence-corrected chi connectivity index (χ2v) is 6.99. The molecule has 0 unspecified atom stereocenters. The smallest absolute Gasteiger partial charge is 0.317 e. The van der Waals surface area contributed by atoms with Crippen molar-refractivity contribution in [2.24, 2.45) is 0 Å². The second kappa shape index (κ2) is 7.98. The first-order valence-electron chi connectivity index (χ1n) is 8.94. The number of nitrogens with zero attached hydrogens (tertiary/aromatic N) is 3. The zero-order valence-electron chi connectivity index (χ0n) is 14.8. The lowest BCUT2D eigenvalue weighted by Gasteiger charge is -2.32. The third kappa shape index (κ3) is 4.27. The van der Waals surface area contributed by atoms with E-state index in [1.165, 1.54) is 0 Å². The first kappa shape index (κ1) is 17.2. The van der Waals surface area contributed by atoms with Gasteiger partial charge in [0.15, 0.2) is 0 Å². The van der Waals surface area contributed by atoms with Gasteiger partial charge >= 0.3 is 6.03 Å². The van der Waals surface area contributed by atoms with Crippen LogP contribution in [0.15, 0.2) is 6.07 Å². The Morgan fingerprint density at radius 1 is 1.42 bits per heavy atom. The van der Waals surface area contributed by atoms with Crippen molar-refractivity contribution >= 4 is 6.03 Å². The average molecular weight is 335 g/mol. The molecule has 2 amide bonds. The van der Waals surface area contributed by atoms with Gasteiger partial charge in [0.1, 0.15) is 0 Å². The normalized spacial score (nSPS) is 25.2. The van der Waals surface area contributed by atoms with Crippen LogP contribution in [0.2, 0.25) is 0 Å². The van der Waals surface area contributed by atoms with Gasteiger partial charge in [0.2, 0.25) is 0 Å². The van der Waals surface area contributed by atoms with Crippen LogP contribution in [0, 0.1) is 6.92 Å². The molecule has 2 N–H and O–H groups in total. The van der Waals surface area contributed by atoms with Gasteiger partial charge in [0.05, 0.1) is 12.3 Å². The van der Waals surface area contributed by atoms with Crippen LogP contribution in [0.5, 0.6) is 0 Å². The zero-order valence-corrected chi connectivity index (χ0v) is 14.8. The lowest BCUT2D eigenvalue weighted by atomic mass is 9.95. The molecule has 0 saturated carbocycles. The maximum atomic E-state index is 12.6. The van der Waals surface area contributed by atoms with E-state index in [1.54, 1.807) is 7.11 Å². The summed E-state index contributed by atoms with van der Waals surface area (Å²) in [5.41, 5.74) is 2.16. The highest BCUT2D eigenvalue weighted by atomic mass is 16.5. The molecule has 134 valence electrons. The molecule has 2 aliphatic heterocycles. The number of carbonyl (C=O) groups excluding carboxylic acids is 1. The summed E-state index contributed by atoms with van der Waals surface area (Å²) in [6.45, 7) is 7.25. The fourth-order valence-electron chi connectivity index (χ4n) is 3.69. The number of urea groups is 1.